The number of rotatable bonds is 7. The summed E-state index contributed by atoms with van der Waals surface area (Å²) < 4.78 is 33.8. The van der Waals surface area contributed by atoms with Crippen LogP contribution in [0.2, 0.25) is 5.02 Å². The number of nitrogens with zero attached hydrogens (tertiary/aromatic N) is 3. The topological polar surface area (TPSA) is 47.4 Å². The molecule has 2 aromatic carbocycles. The van der Waals surface area contributed by atoms with Gasteiger partial charge in [-0.2, -0.15) is 5.10 Å². The highest BCUT2D eigenvalue weighted by Gasteiger charge is 2.17. The van der Waals surface area contributed by atoms with Crippen LogP contribution in [0.4, 0.5) is 8.78 Å². The quantitative estimate of drug-likeness (QED) is 0.558. The number of aromatic nitrogens is 2. The van der Waals surface area contributed by atoms with E-state index in [1.54, 1.807) is 47.1 Å². The zero-order valence-corrected chi connectivity index (χ0v) is 16.8. The van der Waals surface area contributed by atoms with E-state index in [4.69, 9.17) is 16.3 Å². The zero-order valence-electron chi connectivity index (χ0n) is 16.0. The number of carbonyl (C=O) groups excluding carboxylic acids is 1. The van der Waals surface area contributed by atoms with E-state index in [1.807, 2.05) is 6.92 Å². The Bertz CT molecular complexity index is 1020. The first-order valence-electron chi connectivity index (χ1n) is 9.01. The van der Waals surface area contributed by atoms with Crippen LogP contribution < -0.4 is 4.74 Å². The van der Waals surface area contributed by atoms with E-state index in [1.165, 1.54) is 6.07 Å². The lowest BCUT2D eigenvalue weighted by Crippen LogP contribution is -2.27. The lowest BCUT2D eigenvalue weighted by molar-refractivity contribution is 0.0781. The maximum Gasteiger partial charge on any atom is 0.253 e. The molecule has 0 atom stereocenters. The lowest BCUT2D eigenvalue weighted by Gasteiger charge is -2.18. The summed E-state index contributed by atoms with van der Waals surface area (Å²) in [5.74, 6) is -1.70. The molecule has 0 bridgehead atoms. The van der Waals surface area contributed by atoms with Crippen molar-refractivity contribution in [3.05, 3.63) is 82.1 Å². The average molecular weight is 420 g/mol. The molecule has 0 aliphatic heterocycles. The number of amides is 1. The fourth-order valence-electron chi connectivity index (χ4n) is 2.88. The first-order valence-corrected chi connectivity index (χ1v) is 9.39. The number of hydrogen-bond donors (Lipinski definition) is 0. The van der Waals surface area contributed by atoms with Crippen LogP contribution in [0.3, 0.4) is 0 Å². The number of ether oxygens (including phenoxy) is 1. The molecule has 3 aromatic rings. The van der Waals surface area contributed by atoms with Crippen molar-refractivity contribution in [2.75, 3.05) is 7.05 Å². The number of benzene rings is 2. The Balaban J connectivity index is 1.69. The van der Waals surface area contributed by atoms with E-state index in [0.29, 0.717) is 29.2 Å². The van der Waals surface area contributed by atoms with Crippen LogP contribution in [0.5, 0.6) is 5.75 Å². The molecular weight excluding hydrogens is 400 g/mol. The van der Waals surface area contributed by atoms with Crippen molar-refractivity contribution in [3.63, 3.8) is 0 Å². The van der Waals surface area contributed by atoms with Crippen LogP contribution in [0.15, 0.2) is 48.7 Å². The summed E-state index contributed by atoms with van der Waals surface area (Å²) in [6, 6.07) is 9.98. The molecule has 0 unspecified atom stereocenters. The van der Waals surface area contributed by atoms with Crippen molar-refractivity contribution in [2.24, 2.45) is 0 Å². The molecule has 0 saturated heterocycles. The molecule has 0 N–H and O–H groups in total. The van der Waals surface area contributed by atoms with Crippen LogP contribution >= 0.6 is 11.6 Å². The van der Waals surface area contributed by atoms with Gasteiger partial charge in [-0.05, 0) is 36.8 Å². The second-order valence-corrected chi connectivity index (χ2v) is 6.89. The van der Waals surface area contributed by atoms with Crippen LogP contribution in [-0.2, 0) is 19.7 Å². The average Bonchev–Trinajstić information content (AvgIpc) is 3.06. The van der Waals surface area contributed by atoms with Crippen molar-refractivity contribution < 1.29 is 18.3 Å². The summed E-state index contributed by atoms with van der Waals surface area (Å²) in [6.07, 6.45) is 1.56. The first-order chi connectivity index (χ1) is 13.9. The van der Waals surface area contributed by atoms with Gasteiger partial charge in [0, 0.05) is 25.2 Å². The van der Waals surface area contributed by atoms with Gasteiger partial charge in [-0.1, -0.05) is 23.7 Å². The van der Waals surface area contributed by atoms with E-state index in [2.05, 4.69) is 5.10 Å². The highest BCUT2D eigenvalue weighted by molar-refractivity contribution is 6.31. The summed E-state index contributed by atoms with van der Waals surface area (Å²) in [6.45, 7) is 2.95. The molecular formula is C21H20ClF2N3O2. The largest absolute Gasteiger partial charge is 0.486 e. The van der Waals surface area contributed by atoms with E-state index < -0.39 is 11.6 Å². The Morgan fingerprint density at radius 3 is 2.76 bits per heavy atom. The molecule has 5 nitrogen and oxygen atoms in total. The normalized spacial score (nSPS) is 10.8. The third-order valence-corrected chi connectivity index (χ3v) is 4.71. The molecule has 8 heteroatoms. The minimum absolute atomic E-state index is 0.0435. The SMILES string of the molecule is CCn1ncc(Cl)c1CN(C)C(=O)c1cccc(COc2ccc(F)cc2F)c1. The Morgan fingerprint density at radius 1 is 1.24 bits per heavy atom. The molecule has 1 heterocycles. The number of aryl methyl sites for hydroxylation is 1. The molecule has 0 spiro atoms. The second kappa shape index (κ2) is 9.05. The van der Waals surface area contributed by atoms with Crippen LogP contribution in [-0.4, -0.2) is 27.6 Å². The van der Waals surface area contributed by atoms with E-state index in [0.717, 1.165) is 17.8 Å². The van der Waals surface area contributed by atoms with Gasteiger partial charge in [-0.15, -0.1) is 0 Å². The highest BCUT2D eigenvalue weighted by atomic mass is 35.5. The van der Waals surface area contributed by atoms with Gasteiger partial charge in [0.2, 0.25) is 0 Å². The lowest BCUT2D eigenvalue weighted by atomic mass is 10.1. The maximum atomic E-state index is 13.7. The fourth-order valence-corrected chi connectivity index (χ4v) is 3.08. The van der Waals surface area contributed by atoms with Gasteiger partial charge in [0.25, 0.3) is 5.91 Å². The highest BCUT2D eigenvalue weighted by Crippen LogP contribution is 2.20. The van der Waals surface area contributed by atoms with Gasteiger partial charge in [0.1, 0.15) is 12.4 Å². The molecule has 1 aromatic heterocycles. The molecule has 0 fully saturated rings. The minimum Gasteiger partial charge on any atom is -0.486 e. The van der Waals surface area contributed by atoms with Gasteiger partial charge >= 0.3 is 0 Å². The zero-order chi connectivity index (χ0) is 21.0. The van der Waals surface area contributed by atoms with E-state index in [-0.39, 0.29) is 18.3 Å². The van der Waals surface area contributed by atoms with E-state index in [9.17, 15) is 13.6 Å². The molecule has 3 rings (SSSR count). The summed E-state index contributed by atoms with van der Waals surface area (Å²) >= 11 is 6.17. The van der Waals surface area contributed by atoms with Crippen molar-refractivity contribution in [3.8, 4) is 5.75 Å². The predicted molar refractivity (Wildman–Crippen MR) is 106 cm³/mol. The monoisotopic (exact) mass is 419 g/mol. The predicted octanol–water partition coefficient (Wildman–Crippen LogP) is 4.69. The first kappa shape index (κ1) is 20.8. The summed E-state index contributed by atoms with van der Waals surface area (Å²) in [5.41, 5.74) is 1.91. The fraction of sp³-hybridized carbons (Fsp3) is 0.238. The molecule has 152 valence electrons. The molecule has 1 amide bonds. The van der Waals surface area contributed by atoms with Crippen molar-refractivity contribution in [1.82, 2.24) is 14.7 Å². The van der Waals surface area contributed by atoms with Crippen molar-refractivity contribution >= 4 is 17.5 Å². The van der Waals surface area contributed by atoms with Gasteiger partial charge in [0.05, 0.1) is 23.5 Å². The molecule has 0 aliphatic carbocycles. The third-order valence-electron chi connectivity index (χ3n) is 4.39. The molecule has 0 radical (unpaired) electrons. The molecule has 0 aliphatic rings. The van der Waals surface area contributed by atoms with Crippen molar-refractivity contribution in [2.45, 2.75) is 26.6 Å². The van der Waals surface area contributed by atoms with Gasteiger partial charge in [-0.25, -0.2) is 8.78 Å². The molecule has 29 heavy (non-hydrogen) atoms. The Labute approximate surface area is 172 Å². The third kappa shape index (κ3) is 4.92. The molecule has 0 saturated carbocycles. The Kier molecular flexibility index (Phi) is 6.49. The number of hydrogen-bond acceptors (Lipinski definition) is 3. The Morgan fingerprint density at radius 2 is 2.03 bits per heavy atom. The smallest absolute Gasteiger partial charge is 0.253 e. The Hall–Kier alpha value is -2.93. The summed E-state index contributed by atoms with van der Waals surface area (Å²) in [7, 11) is 1.68. The standard InChI is InChI=1S/C21H20ClF2N3O2/c1-3-27-19(17(22)11-25-27)12-26(2)21(28)15-6-4-5-14(9-15)13-29-20-8-7-16(23)10-18(20)24/h4-11H,3,12-13H2,1-2H3. The summed E-state index contributed by atoms with van der Waals surface area (Å²) in [4.78, 5) is 14.4. The van der Waals surface area contributed by atoms with Crippen LogP contribution in [0.25, 0.3) is 0 Å². The van der Waals surface area contributed by atoms with Gasteiger partial charge in [-0.3, -0.25) is 9.48 Å². The van der Waals surface area contributed by atoms with Gasteiger partial charge < -0.3 is 9.64 Å². The van der Waals surface area contributed by atoms with E-state index >= 15 is 0 Å². The van der Waals surface area contributed by atoms with Crippen LogP contribution in [0.1, 0.15) is 28.5 Å². The minimum atomic E-state index is -0.777. The number of carbonyl (C=O) groups is 1. The number of halogens is 3. The van der Waals surface area contributed by atoms with Gasteiger partial charge in [0.15, 0.2) is 11.6 Å². The maximum absolute atomic E-state index is 13.7. The van der Waals surface area contributed by atoms with Crippen LogP contribution in [0, 0.1) is 11.6 Å². The van der Waals surface area contributed by atoms with Crippen molar-refractivity contribution in [1.29, 1.82) is 0 Å². The second-order valence-electron chi connectivity index (χ2n) is 6.48. The summed E-state index contributed by atoms with van der Waals surface area (Å²) in [5, 5.41) is 4.68.